The molecule has 0 amide bonds. The van der Waals surface area contributed by atoms with Crippen LogP contribution in [-0.4, -0.2) is 39.9 Å². The maximum Gasteiger partial charge on any atom is 0.346 e. The smallest absolute Gasteiger partial charge is 0.346 e. The lowest BCUT2D eigenvalue weighted by Gasteiger charge is -1.89. The Labute approximate surface area is 150 Å². The molecule has 27 heavy (non-hydrogen) atoms. The number of H-pyrrole nitrogens is 4. The summed E-state index contributed by atoms with van der Waals surface area (Å²) in [6.07, 6.45) is 5.66. The highest BCUT2D eigenvalue weighted by atomic mass is 16.2. The minimum atomic E-state index is -0.467. The lowest BCUT2D eigenvalue weighted by molar-refractivity contribution is 1.01. The summed E-state index contributed by atoms with van der Waals surface area (Å²) in [5.41, 5.74) is 11.2. The molecule has 0 aromatic carbocycles. The molecular weight excluding hydrogens is 356 g/mol. The molecule has 4 rings (SSSR count). The number of nitrogens with two attached hydrogens (primary N) is 2. The number of nitrogen functional groups attached to an aromatic ring is 2. The van der Waals surface area contributed by atoms with E-state index in [1.807, 2.05) is 0 Å². The second-order valence-corrected chi connectivity index (χ2v) is 4.95. The summed E-state index contributed by atoms with van der Waals surface area (Å²) in [6.45, 7) is 1.62. The van der Waals surface area contributed by atoms with E-state index in [2.05, 4.69) is 39.9 Å². The Balaban J connectivity index is 0.000000146. The molecule has 4 heterocycles. The fourth-order valence-electron chi connectivity index (χ4n) is 1.64. The standard InChI is InChI=1S/C5H5N5.C5H6N2O2.C4H5N3O/c6-4-3-5(9-1-7-3)10-2-8-4;1-3-2-6-5(9)7-4(3)8;5-3-1-2-6-4(8)7-3/h1-2H,(H3,6,7,8,9,10);2H,1H3,(H2,6,7,8,9);1-2H,(H3,5,6,7,8). The maximum absolute atomic E-state index is 10.6. The zero-order chi connectivity index (χ0) is 19.8. The largest absolute Gasteiger partial charge is 0.385 e. The highest BCUT2D eigenvalue weighted by Gasteiger charge is 1.99. The van der Waals surface area contributed by atoms with Gasteiger partial charge in [0, 0.05) is 18.0 Å². The quantitative estimate of drug-likeness (QED) is 0.215. The van der Waals surface area contributed by atoms with E-state index in [0.717, 1.165) is 0 Å². The monoisotopic (exact) mass is 372 g/mol. The van der Waals surface area contributed by atoms with Gasteiger partial charge in [-0.05, 0) is 13.0 Å². The van der Waals surface area contributed by atoms with Gasteiger partial charge in [-0.25, -0.2) is 29.5 Å². The Bertz CT molecular complexity index is 1190. The van der Waals surface area contributed by atoms with Crippen molar-refractivity contribution >= 4 is 22.8 Å². The Morgan fingerprint density at radius 2 is 1.74 bits per heavy atom. The molecule has 0 aliphatic heterocycles. The van der Waals surface area contributed by atoms with Crippen molar-refractivity contribution in [2.45, 2.75) is 6.92 Å². The van der Waals surface area contributed by atoms with Crippen LogP contribution in [0.5, 0.6) is 0 Å². The van der Waals surface area contributed by atoms with Crippen molar-refractivity contribution in [3.8, 4) is 0 Å². The van der Waals surface area contributed by atoms with Crippen LogP contribution < -0.4 is 28.4 Å². The number of anilines is 2. The molecule has 0 atom stereocenters. The number of hydrogen-bond acceptors (Lipinski definition) is 9. The highest BCUT2D eigenvalue weighted by molar-refractivity contribution is 5.80. The first-order valence-electron chi connectivity index (χ1n) is 7.35. The van der Waals surface area contributed by atoms with Crippen LogP contribution in [-0.2, 0) is 0 Å². The summed E-state index contributed by atoms with van der Waals surface area (Å²) >= 11 is 0. The third kappa shape index (κ3) is 5.63. The first kappa shape index (κ1) is 19.0. The fourth-order valence-corrected chi connectivity index (χ4v) is 1.64. The van der Waals surface area contributed by atoms with Gasteiger partial charge in [0.15, 0.2) is 11.5 Å². The van der Waals surface area contributed by atoms with Gasteiger partial charge in [-0.15, -0.1) is 0 Å². The summed E-state index contributed by atoms with van der Waals surface area (Å²) in [5, 5.41) is 0. The van der Waals surface area contributed by atoms with Crippen molar-refractivity contribution < 1.29 is 0 Å². The number of hydrogen-bond donors (Lipinski definition) is 6. The summed E-state index contributed by atoms with van der Waals surface area (Å²) < 4.78 is 0. The average Bonchev–Trinajstić information content (AvgIpc) is 3.10. The maximum atomic E-state index is 10.6. The van der Waals surface area contributed by atoms with E-state index in [4.69, 9.17) is 11.5 Å². The molecule has 4 aromatic rings. The van der Waals surface area contributed by atoms with Crippen LogP contribution >= 0.6 is 0 Å². The Hall–Kier alpha value is -4.29. The van der Waals surface area contributed by atoms with E-state index in [1.54, 1.807) is 6.92 Å². The Morgan fingerprint density at radius 1 is 0.963 bits per heavy atom. The molecule has 4 aromatic heterocycles. The molecule has 0 unspecified atom stereocenters. The molecule has 8 N–H and O–H groups in total. The zero-order valence-corrected chi connectivity index (χ0v) is 14.1. The Morgan fingerprint density at radius 3 is 2.30 bits per heavy atom. The second-order valence-electron chi connectivity index (χ2n) is 4.95. The van der Waals surface area contributed by atoms with Crippen LogP contribution in [0.4, 0.5) is 11.6 Å². The van der Waals surface area contributed by atoms with Crippen molar-refractivity contribution in [3.05, 3.63) is 68.0 Å². The number of imidazole rings is 1. The van der Waals surface area contributed by atoms with Crippen LogP contribution in [0.25, 0.3) is 11.2 Å². The van der Waals surface area contributed by atoms with E-state index in [9.17, 15) is 14.4 Å². The zero-order valence-electron chi connectivity index (χ0n) is 14.1. The van der Waals surface area contributed by atoms with Crippen molar-refractivity contribution in [1.29, 1.82) is 0 Å². The molecule has 0 saturated carbocycles. The van der Waals surface area contributed by atoms with Gasteiger partial charge in [0.1, 0.15) is 17.7 Å². The van der Waals surface area contributed by atoms with Crippen molar-refractivity contribution in [1.82, 2.24) is 39.9 Å². The van der Waals surface area contributed by atoms with Gasteiger partial charge in [-0.1, -0.05) is 0 Å². The molecule has 0 spiro atoms. The van der Waals surface area contributed by atoms with Gasteiger partial charge in [-0.3, -0.25) is 14.8 Å². The number of fused-ring (bicyclic) bond motifs is 1. The normalized spacial score (nSPS) is 9.67. The van der Waals surface area contributed by atoms with Crippen LogP contribution in [0, 0.1) is 6.92 Å². The minimum Gasteiger partial charge on any atom is -0.385 e. The minimum absolute atomic E-state index is 0.334. The van der Waals surface area contributed by atoms with Gasteiger partial charge < -0.3 is 21.4 Å². The number of nitrogens with one attached hydrogen (secondary N) is 4. The number of nitrogens with zero attached hydrogens (tertiary/aromatic N) is 4. The number of rotatable bonds is 0. The summed E-state index contributed by atoms with van der Waals surface area (Å²) in [7, 11) is 0. The van der Waals surface area contributed by atoms with E-state index < -0.39 is 11.4 Å². The van der Waals surface area contributed by atoms with Crippen molar-refractivity contribution in [2.24, 2.45) is 0 Å². The number of aryl methyl sites for hydroxylation is 1. The second kappa shape index (κ2) is 8.70. The lowest BCUT2D eigenvalue weighted by Crippen LogP contribution is -2.22. The van der Waals surface area contributed by atoms with Crippen LogP contribution in [0.3, 0.4) is 0 Å². The Kier molecular flexibility index (Phi) is 6.14. The number of aromatic amines is 4. The van der Waals surface area contributed by atoms with Crippen LogP contribution in [0.15, 0.2) is 45.5 Å². The van der Waals surface area contributed by atoms with E-state index in [-0.39, 0.29) is 5.56 Å². The van der Waals surface area contributed by atoms with Gasteiger partial charge in [0.25, 0.3) is 5.56 Å². The average molecular weight is 372 g/mol. The molecular formula is C14H16N10O3. The van der Waals surface area contributed by atoms with Crippen molar-refractivity contribution in [3.63, 3.8) is 0 Å². The summed E-state index contributed by atoms with van der Waals surface area (Å²) in [6, 6.07) is 1.52. The topological polar surface area (TPSA) is 218 Å². The fraction of sp³-hybridized carbons (Fsp3) is 0.0714. The SMILES string of the molecule is Cc1c[nH]c(=O)[nH]c1=O.Nc1ccnc(=O)[nH]1.Nc1ncnc2nc[nH]c12. The molecule has 140 valence electrons. The molecule has 0 aliphatic carbocycles. The molecule has 0 saturated heterocycles. The predicted molar refractivity (Wildman–Crippen MR) is 97.8 cm³/mol. The molecule has 13 heteroatoms. The van der Waals surface area contributed by atoms with Gasteiger partial charge >= 0.3 is 11.4 Å². The summed E-state index contributed by atoms with van der Waals surface area (Å²) in [5.74, 6) is 0.771. The van der Waals surface area contributed by atoms with E-state index >= 15 is 0 Å². The van der Waals surface area contributed by atoms with Crippen LogP contribution in [0.2, 0.25) is 0 Å². The first-order chi connectivity index (χ1) is 12.9. The van der Waals surface area contributed by atoms with E-state index in [1.165, 1.54) is 31.1 Å². The number of aromatic nitrogens is 8. The summed E-state index contributed by atoms with van der Waals surface area (Å²) in [4.78, 5) is 55.5. The molecule has 0 radical (unpaired) electrons. The molecule has 0 fully saturated rings. The third-order valence-corrected chi connectivity index (χ3v) is 2.95. The molecule has 0 aliphatic rings. The van der Waals surface area contributed by atoms with Crippen molar-refractivity contribution in [2.75, 3.05) is 11.5 Å². The molecule has 13 nitrogen and oxygen atoms in total. The van der Waals surface area contributed by atoms with Gasteiger partial charge in [0.2, 0.25) is 0 Å². The third-order valence-electron chi connectivity index (χ3n) is 2.95. The molecule has 0 bridgehead atoms. The van der Waals surface area contributed by atoms with Gasteiger partial charge in [-0.2, -0.15) is 0 Å². The lowest BCUT2D eigenvalue weighted by atomic mass is 10.4. The predicted octanol–water partition coefficient (Wildman–Crippen LogP) is -1.34. The van der Waals surface area contributed by atoms with Gasteiger partial charge in [0.05, 0.1) is 6.33 Å². The van der Waals surface area contributed by atoms with E-state index in [0.29, 0.717) is 28.4 Å². The highest BCUT2D eigenvalue weighted by Crippen LogP contribution is 2.09. The first-order valence-corrected chi connectivity index (χ1v) is 7.35. The van der Waals surface area contributed by atoms with Crippen LogP contribution in [0.1, 0.15) is 5.56 Å².